The molecule has 1 aromatic heterocycles. The number of carbonyl (C=O) groups is 1. The minimum Gasteiger partial charge on any atom is -0.346 e. The first kappa shape index (κ1) is 7.01. The molecule has 5 nitrogen and oxygen atoms in total. The van der Waals surface area contributed by atoms with Gasteiger partial charge in [-0.2, -0.15) is 5.10 Å². The average molecular weight is 162 g/mol. The van der Waals surface area contributed by atoms with Gasteiger partial charge in [-0.25, -0.2) is 14.5 Å². The molecule has 1 aromatic rings. The lowest BCUT2D eigenvalue weighted by atomic mass is 10.7. The maximum Gasteiger partial charge on any atom is 0.346 e. The molecule has 0 saturated carbocycles. The van der Waals surface area contributed by atoms with E-state index in [-0.39, 0.29) is 6.54 Å². The molecule has 0 bridgehead atoms. The number of hydrogen-bond donors (Lipinski definition) is 0. The van der Waals surface area contributed by atoms with Crippen molar-refractivity contribution in [2.24, 2.45) is 0 Å². The lowest BCUT2D eigenvalue weighted by Gasteiger charge is -1.93. The lowest BCUT2D eigenvalue weighted by molar-refractivity contribution is -0.134. The molecule has 1 rings (SSSR count). The van der Waals surface area contributed by atoms with Gasteiger partial charge in [0, 0.05) is 0 Å². The van der Waals surface area contributed by atoms with Gasteiger partial charge in [-0.1, -0.05) is 0 Å². The van der Waals surface area contributed by atoms with Gasteiger partial charge >= 0.3 is 5.97 Å². The van der Waals surface area contributed by atoms with Gasteiger partial charge in [-0.3, -0.25) is 0 Å². The maximum absolute atomic E-state index is 10.4. The van der Waals surface area contributed by atoms with E-state index in [0.717, 1.165) is 0 Å². The molecule has 0 aliphatic carbocycles. The van der Waals surface area contributed by atoms with Gasteiger partial charge in [-0.05, 0) is 0 Å². The normalized spacial score (nSPS) is 9.30. The van der Waals surface area contributed by atoms with Crippen molar-refractivity contribution in [1.29, 1.82) is 0 Å². The van der Waals surface area contributed by atoms with Gasteiger partial charge < -0.3 is 4.29 Å². The van der Waals surface area contributed by atoms with Crippen molar-refractivity contribution in [3.63, 3.8) is 0 Å². The van der Waals surface area contributed by atoms with Crippen molar-refractivity contribution in [2.45, 2.75) is 6.54 Å². The smallest absolute Gasteiger partial charge is 0.346 e. The Labute approximate surface area is 61.7 Å². The van der Waals surface area contributed by atoms with Crippen molar-refractivity contribution < 1.29 is 9.08 Å². The van der Waals surface area contributed by atoms with Crippen molar-refractivity contribution in [3.8, 4) is 0 Å². The fourth-order valence-electron chi connectivity index (χ4n) is 0.471. The number of aromatic nitrogens is 3. The Kier molecular flexibility index (Phi) is 2.22. The standard InChI is InChI=1S/C4H4ClN3O2/c5-10-4(9)1-8-3-6-2-7-8/h2-3H,1H2. The summed E-state index contributed by atoms with van der Waals surface area (Å²) in [5.74, 6) is -0.563. The van der Waals surface area contributed by atoms with Gasteiger partial charge in [0.25, 0.3) is 0 Å². The van der Waals surface area contributed by atoms with Crippen LogP contribution < -0.4 is 0 Å². The van der Waals surface area contributed by atoms with Crippen molar-refractivity contribution in [3.05, 3.63) is 12.7 Å². The second kappa shape index (κ2) is 3.17. The molecule has 54 valence electrons. The van der Waals surface area contributed by atoms with E-state index in [0.29, 0.717) is 0 Å². The van der Waals surface area contributed by atoms with Gasteiger partial charge in [0.2, 0.25) is 0 Å². The summed E-state index contributed by atoms with van der Waals surface area (Å²) < 4.78 is 5.18. The molecular weight excluding hydrogens is 158 g/mol. The zero-order chi connectivity index (χ0) is 7.40. The van der Waals surface area contributed by atoms with Gasteiger partial charge in [0.05, 0.1) is 0 Å². The lowest BCUT2D eigenvalue weighted by Crippen LogP contribution is -2.09. The SMILES string of the molecule is O=C(Cn1cncn1)OCl. The third-order valence-electron chi connectivity index (χ3n) is 0.844. The highest BCUT2D eigenvalue weighted by molar-refractivity contribution is 6.13. The second-order valence-corrected chi connectivity index (χ2v) is 1.70. The van der Waals surface area contributed by atoms with Crippen molar-refractivity contribution in [1.82, 2.24) is 14.8 Å². The van der Waals surface area contributed by atoms with E-state index in [1.54, 1.807) is 0 Å². The predicted molar refractivity (Wildman–Crippen MR) is 32.0 cm³/mol. The summed E-state index contributed by atoms with van der Waals surface area (Å²) in [6.45, 7) is -0.0104. The molecule has 0 aliphatic heterocycles. The first-order valence-corrected chi connectivity index (χ1v) is 2.77. The van der Waals surface area contributed by atoms with Crippen molar-refractivity contribution >= 4 is 17.8 Å². The summed E-state index contributed by atoms with van der Waals surface area (Å²) in [4.78, 5) is 14.0. The molecule has 0 spiro atoms. The van der Waals surface area contributed by atoms with Crippen LogP contribution in [0.2, 0.25) is 0 Å². The van der Waals surface area contributed by atoms with Crippen LogP contribution in [0.5, 0.6) is 0 Å². The Morgan fingerprint density at radius 1 is 1.80 bits per heavy atom. The van der Waals surface area contributed by atoms with Crippen LogP contribution in [-0.4, -0.2) is 20.7 Å². The predicted octanol–water partition coefficient (Wildman–Crippen LogP) is -0.0249. The first-order chi connectivity index (χ1) is 4.83. The largest absolute Gasteiger partial charge is 0.346 e. The fourth-order valence-corrected chi connectivity index (χ4v) is 0.520. The number of rotatable bonds is 2. The van der Waals surface area contributed by atoms with Crippen molar-refractivity contribution in [2.75, 3.05) is 0 Å². The van der Waals surface area contributed by atoms with Crippen LogP contribution in [0, 0.1) is 0 Å². The zero-order valence-electron chi connectivity index (χ0n) is 4.90. The van der Waals surface area contributed by atoms with Gasteiger partial charge in [0.1, 0.15) is 31.1 Å². The summed E-state index contributed by atoms with van der Waals surface area (Å²) in [6.07, 6.45) is 2.72. The molecule has 0 unspecified atom stereocenters. The molecule has 0 radical (unpaired) electrons. The molecule has 1 heterocycles. The molecule has 0 fully saturated rings. The van der Waals surface area contributed by atoms with E-state index < -0.39 is 5.97 Å². The van der Waals surface area contributed by atoms with Gasteiger partial charge in [0.15, 0.2) is 0 Å². The number of carbonyl (C=O) groups excluding carboxylic acids is 1. The fraction of sp³-hybridized carbons (Fsp3) is 0.250. The summed E-state index contributed by atoms with van der Waals surface area (Å²) in [7, 11) is 0. The Hall–Kier alpha value is -1.10. The highest BCUT2D eigenvalue weighted by atomic mass is 35.5. The van der Waals surface area contributed by atoms with Crippen LogP contribution in [0.25, 0.3) is 0 Å². The van der Waals surface area contributed by atoms with Crippen LogP contribution in [0.3, 0.4) is 0 Å². The summed E-state index contributed by atoms with van der Waals surface area (Å²) >= 11 is 4.76. The summed E-state index contributed by atoms with van der Waals surface area (Å²) in [6, 6.07) is 0. The molecule has 0 N–H and O–H groups in total. The number of halogens is 1. The van der Waals surface area contributed by atoms with E-state index >= 15 is 0 Å². The van der Waals surface area contributed by atoms with Crippen LogP contribution >= 0.6 is 11.9 Å². The number of nitrogens with zero attached hydrogens (tertiary/aromatic N) is 3. The quantitative estimate of drug-likeness (QED) is 0.612. The third-order valence-corrected chi connectivity index (χ3v) is 1.02. The highest BCUT2D eigenvalue weighted by Crippen LogP contribution is 1.86. The van der Waals surface area contributed by atoms with E-state index in [1.165, 1.54) is 17.3 Å². The van der Waals surface area contributed by atoms with Crippen LogP contribution in [-0.2, 0) is 15.6 Å². The zero-order valence-corrected chi connectivity index (χ0v) is 5.65. The Morgan fingerprint density at radius 3 is 3.10 bits per heavy atom. The minimum atomic E-state index is -0.563. The Bertz CT molecular complexity index is 210. The van der Waals surface area contributed by atoms with Crippen LogP contribution in [0.15, 0.2) is 12.7 Å². The third kappa shape index (κ3) is 1.70. The Morgan fingerprint density at radius 2 is 2.60 bits per heavy atom. The van der Waals surface area contributed by atoms with E-state index in [4.69, 9.17) is 11.9 Å². The van der Waals surface area contributed by atoms with E-state index in [2.05, 4.69) is 14.4 Å². The highest BCUT2D eigenvalue weighted by Gasteiger charge is 2.01. The number of hydrogen-bond acceptors (Lipinski definition) is 4. The molecule has 0 aromatic carbocycles. The second-order valence-electron chi connectivity index (χ2n) is 1.54. The molecule has 0 aliphatic rings. The molecule has 10 heavy (non-hydrogen) atoms. The first-order valence-electron chi connectivity index (χ1n) is 2.47. The molecular formula is C4H4ClN3O2. The molecule has 0 atom stereocenters. The molecule has 0 saturated heterocycles. The van der Waals surface area contributed by atoms with E-state index in [1.807, 2.05) is 0 Å². The summed E-state index contributed by atoms with van der Waals surface area (Å²) in [5, 5.41) is 3.65. The monoisotopic (exact) mass is 161 g/mol. The Balaban J connectivity index is 2.48. The maximum atomic E-state index is 10.4. The van der Waals surface area contributed by atoms with E-state index in [9.17, 15) is 4.79 Å². The minimum absolute atomic E-state index is 0.0104. The topological polar surface area (TPSA) is 57.0 Å². The molecule has 6 heteroatoms. The average Bonchev–Trinajstić information content (AvgIpc) is 2.40. The molecule has 0 amide bonds. The summed E-state index contributed by atoms with van der Waals surface area (Å²) in [5.41, 5.74) is 0. The van der Waals surface area contributed by atoms with Crippen LogP contribution in [0.1, 0.15) is 0 Å². The van der Waals surface area contributed by atoms with Crippen LogP contribution in [0.4, 0.5) is 0 Å². The van der Waals surface area contributed by atoms with Gasteiger partial charge in [-0.15, -0.1) is 0 Å².